The van der Waals surface area contributed by atoms with Gasteiger partial charge in [-0.1, -0.05) is 5.16 Å². The number of rotatable bonds is 4. The van der Waals surface area contributed by atoms with E-state index in [4.69, 9.17) is 9.63 Å². The lowest BCUT2D eigenvalue weighted by molar-refractivity contribution is -0.157. The van der Waals surface area contributed by atoms with Crippen LogP contribution < -0.4 is 0 Å². The maximum Gasteiger partial charge on any atom is 0.308 e. The molecule has 0 bridgehead atoms. The minimum Gasteiger partial charge on any atom is -0.481 e. The van der Waals surface area contributed by atoms with E-state index in [1.165, 1.54) is 0 Å². The van der Waals surface area contributed by atoms with Gasteiger partial charge in [-0.25, -0.2) is 0 Å². The molecular formula is C13H18N2O5. The van der Waals surface area contributed by atoms with Crippen LogP contribution in [0.3, 0.4) is 0 Å². The fourth-order valence-corrected chi connectivity index (χ4v) is 2.66. The van der Waals surface area contributed by atoms with Gasteiger partial charge in [0.2, 0.25) is 0 Å². The van der Waals surface area contributed by atoms with E-state index in [-0.39, 0.29) is 6.54 Å². The average molecular weight is 282 g/mol. The number of aromatic nitrogens is 1. The molecule has 0 spiro atoms. The summed E-state index contributed by atoms with van der Waals surface area (Å²) in [7, 11) is 0. The Morgan fingerprint density at radius 2 is 1.95 bits per heavy atom. The summed E-state index contributed by atoms with van der Waals surface area (Å²) in [5, 5.41) is 22.1. The molecule has 7 nitrogen and oxygen atoms in total. The molecule has 0 aromatic carbocycles. The van der Waals surface area contributed by atoms with E-state index in [1.807, 2.05) is 18.7 Å². The first-order valence-electron chi connectivity index (χ1n) is 6.50. The average Bonchev–Trinajstić information content (AvgIpc) is 2.70. The van der Waals surface area contributed by atoms with Gasteiger partial charge < -0.3 is 14.7 Å². The zero-order valence-corrected chi connectivity index (χ0v) is 11.5. The van der Waals surface area contributed by atoms with Crippen molar-refractivity contribution in [2.75, 3.05) is 13.1 Å². The molecule has 1 saturated heterocycles. The third-order valence-corrected chi connectivity index (χ3v) is 3.89. The summed E-state index contributed by atoms with van der Waals surface area (Å²) in [5.74, 6) is -3.06. The van der Waals surface area contributed by atoms with Crippen LogP contribution in [-0.2, 0) is 16.1 Å². The Kier molecular flexibility index (Phi) is 4.08. The number of piperidine rings is 1. The van der Waals surface area contributed by atoms with Crippen molar-refractivity contribution in [2.45, 2.75) is 26.8 Å². The number of carboxylic acid groups (broad SMARTS) is 2. The molecule has 20 heavy (non-hydrogen) atoms. The van der Waals surface area contributed by atoms with E-state index in [9.17, 15) is 14.7 Å². The largest absolute Gasteiger partial charge is 0.481 e. The van der Waals surface area contributed by atoms with Gasteiger partial charge in [0.1, 0.15) is 5.76 Å². The second-order valence-electron chi connectivity index (χ2n) is 5.22. The first kappa shape index (κ1) is 14.5. The van der Waals surface area contributed by atoms with Gasteiger partial charge >= 0.3 is 11.9 Å². The molecule has 2 atom stereocenters. The van der Waals surface area contributed by atoms with Gasteiger partial charge in [-0.3, -0.25) is 14.5 Å². The first-order valence-corrected chi connectivity index (χ1v) is 6.50. The van der Waals surface area contributed by atoms with Crippen molar-refractivity contribution in [3.8, 4) is 0 Å². The van der Waals surface area contributed by atoms with Crippen LogP contribution in [0.1, 0.15) is 23.4 Å². The normalized spacial score (nSPS) is 23.7. The highest BCUT2D eigenvalue weighted by Crippen LogP contribution is 2.26. The van der Waals surface area contributed by atoms with Crippen LogP contribution in [0.15, 0.2) is 4.52 Å². The Labute approximate surface area is 116 Å². The molecule has 2 heterocycles. The fourth-order valence-electron chi connectivity index (χ4n) is 2.66. The predicted molar refractivity (Wildman–Crippen MR) is 68.1 cm³/mol. The topological polar surface area (TPSA) is 104 Å². The molecule has 7 heteroatoms. The summed E-state index contributed by atoms with van der Waals surface area (Å²) >= 11 is 0. The lowest BCUT2D eigenvalue weighted by atomic mass is 9.85. The van der Waals surface area contributed by atoms with Gasteiger partial charge in [-0.15, -0.1) is 0 Å². The molecule has 2 N–H and O–H groups in total. The van der Waals surface area contributed by atoms with Gasteiger partial charge in [-0.05, 0) is 26.8 Å². The smallest absolute Gasteiger partial charge is 0.308 e. The highest BCUT2D eigenvalue weighted by Gasteiger charge is 2.38. The monoisotopic (exact) mass is 282 g/mol. The van der Waals surface area contributed by atoms with Crippen molar-refractivity contribution in [1.82, 2.24) is 10.1 Å². The highest BCUT2D eigenvalue weighted by atomic mass is 16.5. The Morgan fingerprint density at radius 3 is 2.45 bits per heavy atom. The third-order valence-electron chi connectivity index (χ3n) is 3.89. The Bertz CT molecular complexity index is 505. The van der Waals surface area contributed by atoms with Crippen LogP contribution >= 0.6 is 0 Å². The summed E-state index contributed by atoms with van der Waals surface area (Å²) < 4.78 is 5.08. The maximum absolute atomic E-state index is 11.2. The summed E-state index contributed by atoms with van der Waals surface area (Å²) in [4.78, 5) is 24.3. The molecule has 0 saturated carbocycles. The molecule has 1 fully saturated rings. The zero-order valence-electron chi connectivity index (χ0n) is 11.5. The number of hydrogen-bond donors (Lipinski definition) is 2. The van der Waals surface area contributed by atoms with Crippen LogP contribution in [0, 0.1) is 25.7 Å². The maximum atomic E-state index is 11.2. The molecule has 0 radical (unpaired) electrons. The number of carboxylic acids is 2. The van der Waals surface area contributed by atoms with Gasteiger partial charge in [0.05, 0.1) is 17.5 Å². The van der Waals surface area contributed by atoms with E-state index < -0.39 is 23.8 Å². The van der Waals surface area contributed by atoms with Crippen molar-refractivity contribution in [2.24, 2.45) is 11.8 Å². The van der Waals surface area contributed by atoms with Crippen LogP contribution in [0.5, 0.6) is 0 Å². The number of aryl methyl sites for hydroxylation is 2. The quantitative estimate of drug-likeness (QED) is 0.845. The number of carbonyl (C=O) groups is 2. The second kappa shape index (κ2) is 5.62. The van der Waals surface area contributed by atoms with Gasteiger partial charge in [0, 0.05) is 18.7 Å². The lowest BCUT2D eigenvalue weighted by Gasteiger charge is -2.34. The molecule has 1 aromatic heterocycles. The Morgan fingerprint density at radius 1 is 1.30 bits per heavy atom. The molecule has 2 unspecified atom stereocenters. The lowest BCUT2D eigenvalue weighted by Crippen LogP contribution is -2.46. The highest BCUT2D eigenvalue weighted by molar-refractivity contribution is 5.80. The molecule has 1 aromatic rings. The predicted octanol–water partition coefficient (Wildman–Crippen LogP) is 0.899. The number of aliphatic carboxylic acids is 2. The number of likely N-dealkylation sites (tertiary alicyclic amines) is 1. The number of hydrogen-bond acceptors (Lipinski definition) is 5. The summed E-state index contributed by atoms with van der Waals surface area (Å²) in [5.41, 5.74) is 1.73. The van der Waals surface area contributed by atoms with Gasteiger partial charge in [0.15, 0.2) is 0 Å². The first-order chi connectivity index (χ1) is 9.40. The SMILES string of the molecule is Cc1noc(C)c1CN1CCC(C(=O)O)C(C(=O)O)C1. The van der Waals surface area contributed by atoms with E-state index >= 15 is 0 Å². The van der Waals surface area contributed by atoms with Gasteiger partial charge in [-0.2, -0.15) is 0 Å². The van der Waals surface area contributed by atoms with Crippen molar-refractivity contribution in [3.05, 3.63) is 17.0 Å². The Hall–Kier alpha value is -1.89. The third kappa shape index (κ3) is 2.82. The molecule has 1 aliphatic rings. The minimum absolute atomic E-state index is 0.232. The van der Waals surface area contributed by atoms with Crippen molar-refractivity contribution in [3.63, 3.8) is 0 Å². The molecular weight excluding hydrogens is 264 g/mol. The molecule has 2 rings (SSSR count). The molecule has 110 valence electrons. The summed E-state index contributed by atoms with van der Waals surface area (Å²) in [6.45, 7) is 4.98. The Balaban J connectivity index is 2.09. The van der Waals surface area contributed by atoms with Crippen molar-refractivity contribution >= 4 is 11.9 Å². The van der Waals surface area contributed by atoms with Crippen LogP contribution in [0.25, 0.3) is 0 Å². The molecule has 1 aliphatic heterocycles. The van der Waals surface area contributed by atoms with Crippen LogP contribution in [0.4, 0.5) is 0 Å². The van der Waals surface area contributed by atoms with Crippen molar-refractivity contribution < 1.29 is 24.3 Å². The van der Waals surface area contributed by atoms with Gasteiger partial charge in [0.25, 0.3) is 0 Å². The molecule has 0 aliphatic carbocycles. The minimum atomic E-state index is -1.05. The van der Waals surface area contributed by atoms with Crippen LogP contribution in [0.2, 0.25) is 0 Å². The van der Waals surface area contributed by atoms with Crippen molar-refractivity contribution in [1.29, 1.82) is 0 Å². The second-order valence-corrected chi connectivity index (χ2v) is 5.22. The number of nitrogens with zero attached hydrogens (tertiary/aromatic N) is 2. The summed E-state index contributed by atoms with van der Waals surface area (Å²) in [6, 6.07) is 0. The fraction of sp³-hybridized carbons (Fsp3) is 0.615. The van der Waals surface area contributed by atoms with E-state index in [0.717, 1.165) is 17.0 Å². The van der Waals surface area contributed by atoms with E-state index in [0.29, 0.717) is 19.5 Å². The standard InChI is InChI=1S/C13H18N2O5/c1-7-10(8(2)20-14-7)5-15-4-3-9(12(16)17)11(6-15)13(18)19/h9,11H,3-6H2,1-2H3,(H,16,17)(H,18,19). The molecule has 0 amide bonds. The van der Waals surface area contributed by atoms with E-state index in [1.54, 1.807) is 0 Å². The zero-order chi connectivity index (χ0) is 14.9. The van der Waals surface area contributed by atoms with Crippen LogP contribution in [-0.4, -0.2) is 45.3 Å². The van der Waals surface area contributed by atoms with E-state index in [2.05, 4.69) is 5.16 Å². The summed E-state index contributed by atoms with van der Waals surface area (Å²) in [6.07, 6.45) is 0.343.